The van der Waals surface area contributed by atoms with Gasteiger partial charge in [0.1, 0.15) is 23.4 Å². The first-order chi connectivity index (χ1) is 8.79. The molecular formula is C14H11N3O. The van der Waals surface area contributed by atoms with Gasteiger partial charge in [-0.25, -0.2) is 4.98 Å². The fourth-order valence-corrected chi connectivity index (χ4v) is 1.96. The Labute approximate surface area is 104 Å². The topological polar surface area (TPSA) is 60.4 Å². The molecule has 1 aromatic carbocycles. The van der Waals surface area contributed by atoms with Crippen molar-refractivity contribution >= 4 is 17.8 Å². The lowest BCUT2D eigenvalue weighted by Gasteiger charge is -1.98. The Hall–Kier alpha value is -2.62. The molecule has 0 saturated heterocycles. The molecule has 2 N–H and O–H groups in total. The normalized spacial score (nSPS) is 10.7. The zero-order chi connectivity index (χ0) is 12.5. The molecule has 3 rings (SSSR count). The second-order valence-corrected chi connectivity index (χ2v) is 4.02. The van der Waals surface area contributed by atoms with Gasteiger partial charge in [0.05, 0.1) is 0 Å². The van der Waals surface area contributed by atoms with Crippen molar-refractivity contribution in [3.63, 3.8) is 0 Å². The lowest BCUT2D eigenvalue weighted by Crippen LogP contribution is -1.94. The van der Waals surface area contributed by atoms with Crippen LogP contribution in [-0.4, -0.2) is 15.7 Å². The van der Waals surface area contributed by atoms with Gasteiger partial charge in [-0.1, -0.05) is 30.3 Å². The van der Waals surface area contributed by atoms with Crippen LogP contribution in [0, 0.1) is 0 Å². The highest BCUT2D eigenvalue weighted by Gasteiger charge is 2.10. The number of nitrogens with zero attached hydrogens (tertiary/aromatic N) is 2. The van der Waals surface area contributed by atoms with E-state index in [0.29, 0.717) is 17.0 Å². The number of carbonyl (C=O) groups is 1. The van der Waals surface area contributed by atoms with Crippen LogP contribution in [0.25, 0.3) is 16.9 Å². The highest BCUT2D eigenvalue weighted by Crippen LogP contribution is 2.26. The van der Waals surface area contributed by atoms with Crippen molar-refractivity contribution in [1.82, 2.24) is 9.38 Å². The smallest absolute Gasteiger partial charge is 0.150 e. The Bertz CT molecular complexity index is 716. The third-order valence-electron chi connectivity index (χ3n) is 2.87. The largest absolute Gasteiger partial charge is 0.383 e. The minimum atomic E-state index is 0.577. The summed E-state index contributed by atoms with van der Waals surface area (Å²) in [5.74, 6) is 0.577. The van der Waals surface area contributed by atoms with Crippen LogP contribution in [0.2, 0.25) is 0 Å². The molecule has 0 saturated carbocycles. The van der Waals surface area contributed by atoms with E-state index in [1.54, 1.807) is 22.7 Å². The fourth-order valence-electron chi connectivity index (χ4n) is 1.96. The number of nitrogens with two attached hydrogens (primary N) is 1. The van der Waals surface area contributed by atoms with Gasteiger partial charge in [-0.05, 0) is 12.1 Å². The van der Waals surface area contributed by atoms with E-state index < -0.39 is 0 Å². The van der Waals surface area contributed by atoms with Crippen molar-refractivity contribution in [1.29, 1.82) is 0 Å². The van der Waals surface area contributed by atoms with Crippen molar-refractivity contribution in [3.8, 4) is 11.3 Å². The molecule has 4 nitrogen and oxygen atoms in total. The molecule has 0 unspecified atom stereocenters. The summed E-state index contributed by atoms with van der Waals surface area (Å²) >= 11 is 0. The molecule has 4 heteroatoms. The number of aromatic nitrogens is 2. The van der Waals surface area contributed by atoms with Crippen LogP contribution in [0.4, 0.5) is 5.82 Å². The van der Waals surface area contributed by atoms with Crippen molar-refractivity contribution in [2.75, 3.05) is 5.73 Å². The molecule has 0 bridgehead atoms. The molecular weight excluding hydrogens is 226 g/mol. The Balaban J connectivity index is 2.26. The molecule has 88 valence electrons. The van der Waals surface area contributed by atoms with E-state index in [2.05, 4.69) is 4.98 Å². The Morgan fingerprint density at radius 3 is 2.67 bits per heavy atom. The van der Waals surface area contributed by atoms with Crippen LogP contribution in [0.3, 0.4) is 0 Å². The van der Waals surface area contributed by atoms with Gasteiger partial charge < -0.3 is 5.73 Å². The maximum absolute atomic E-state index is 10.7. The molecule has 0 fully saturated rings. The number of hydrogen-bond donors (Lipinski definition) is 1. The van der Waals surface area contributed by atoms with Crippen LogP contribution in [0.15, 0.2) is 48.7 Å². The van der Waals surface area contributed by atoms with Crippen LogP contribution >= 0.6 is 0 Å². The number of rotatable bonds is 2. The molecule has 0 aliphatic rings. The monoisotopic (exact) mass is 237 g/mol. The molecule has 0 radical (unpaired) electrons. The zero-order valence-corrected chi connectivity index (χ0v) is 9.58. The molecule has 18 heavy (non-hydrogen) atoms. The highest BCUT2D eigenvalue weighted by atomic mass is 16.1. The molecule has 3 aromatic rings. The van der Waals surface area contributed by atoms with Gasteiger partial charge in [-0.3, -0.25) is 9.20 Å². The third kappa shape index (κ3) is 1.55. The minimum absolute atomic E-state index is 0.577. The summed E-state index contributed by atoms with van der Waals surface area (Å²) in [5.41, 5.74) is 9.04. The van der Waals surface area contributed by atoms with Crippen LogP contribution in [0.1, 0.15) is 10.4 Å². The summed E-state index contributed by atoms with van der Waals surface area (Å²) in [6.45, 7) is 0. The van der Waals surface area contributed by atoms with E-state index in [-0.39, 0.29) is 0 Å². The lowest BCUT2D eigenvalue weighted by atomic mass is 10.1. The van der Waals surface area contributed by atoms with Gasteiger partial charge in [-0.15, -0.1) is 0 Å². The van der Waals surface area contributed by atoms with Crippen LogP contribution < -0.4 is 5.73 Å². The van der Waals surface area contributed by atoms with Crippen molar-refractivity contribution < 1.29 is 4.79 Å². The lowest BCUT2D eigenvalue weighted by molar-refractivity contribution is 0.112. The van der Waals surface area contributed by atoms with Gasteiger partial charge in [0.15, 0.2) is 0 Å². The van der Waals surface area contributed by atoms with E-state index in [1.807, 2.05) is 30.3 Å². The van der Waals surface area contributed by atoms with Gasteiger partial charge in [0, 0.05) is 17.3 Å². The number of hydrogen-bond acceptors (Lipinski definition) is 3. The second kappa shape index (κ2) is 4.00. The highest BCUT2D eigenvalue weighted by molar-refractivity contribution is 5.80. The molecule has 0 aliphatic heterocycles. The fraction of sp³-hybridized carbons (Fsp3) is 0. The molecule has 2 heterocycles. The van der Waals surface area contributed by atoms with Gasteiger partial charge in [-0.2, -0.15) is 0 Å². The van der Waals surface area contributed by atoms with Gasteiger partial charge in [0.2, 0.25) is 0 Å². The maximum Gasteiger partial charge on any atom is 0.150 e. The number of pyridine rings is 1. The number of carbonyl (C=O) groups excluding carboxylic acids is 1. The summed E-state index contributed by atoms with van der Waals surface area (Å²) in [4.78, 5) is 15.2. The minimum Gasteiger partial charge on any atom is -0.383 e. The standard InChI is InChI=1S/C14H11N3O/c15-14-13(11-4-2-1-3-5-11)16-12-8-10(9-18)6-7-17(12)14/h1-9H,15H2. The molecule has 0 aliphatic carbocycles. The average Bonchev–Trinajstić information content (AvgIpc) is 2.76. The maximum atomic E-state index is 10.7. The number of imidazole rings is 1. The summed E-state index contributed by atoms with van der Waals surface area (Å²) in [6.07, 6.45) is 2.56. The molecule has 0 amide bonds. The molecule has 0 spiro atoms. The van der Waals surface area contributed by atoms with E-state index in [1.165, 1.54) is 0 Å². The Morgan fingerprint density at radius 1 is 1.17 bits per heavy atom. The Kier molecular flexibility index (Phi) is 2.34. The van der Waals surface area contributed by atoms with Crippen LogP contribution in [0.5, 0.6) is 0 Å². The van der Waals surface area contributed by atoms with E-state index in [9.17, 15) is 4.79 Å². The van der Waals surface area contributed by atoms with Crippen molar-refractivity contribution in [3.05, 3.63) is 54.2 Å². The SMILES string of the molecule is Nc1c(-c2ccccc2)nc2cc(C=O)ccn12. The van der Waals surface area contributed by atoms with E-state index in [0.717, 1.165) is 17.5 Å². The summed E-state index contributed by atoms with van der Waals surface area (Å²) < 4.78 is 1.77. The quantitative estimate of drug-likeness (QED) is 0.696. The molecule has 0 atom stereocenters. The first-order valence-corrected chi connectivity index (χ1v) is 5.58. The first-order valence-electron chi connectivity index (χ1n) is 5.58. The third-order valence-corrected chi connectivity index (χ3v) is 2.87. The number of anilines is 1. The molecule has 2 aromatic heterocycles. The number of nitrogen functional groups attached to an aromatic ring is 1. The summed E-state index contributed by atoms with van der Waals surface area (Å²) in [6, 6.07) is 13.2. The predicted octanol–water partition coefficient (Wildman–Crippen LogP) is 2.40. The average molecular weight is 237 g/mol. The summed E-state index contributed by atoms with van der Waals surface area (Å²) in [5, 5.41) is 0. The van der Waals surface area contributed by atoms with Crippen molar-refractivity contribution in [2.45, 2.75) is 0 Å². The van der Waals surface area contributed by atoms with E-state index in [4.69, 9.17) is 5.73 Å². The zero-order valence-electron chi connectivity index (χ0n) is 9.58. The Morgan fingerprint density at radius 2 is 1.94 bits per heavy atom. The number of benzene rings is 1. The first kappa shape index (κ1) is 10.5. The predicted molar refractivity (Wildman–Crippen MR) is 70.4 cm³/mol. The number of aldehydes is 1. The van der Waals surface area contributed by atoms with E-state index >= 15 is 0 Å². The van der Waals surface area contributed by atoms with Gasteiger partial charge >= 0.3 is 0 Å². The number of fused-ring (bicyclic) bond motifs is 1. The van der Waals surface area contributed by atoms with Gasteiger partial charge in [0.25, 0.3) is 0 Å². The second-order valence-electron chi connectivity index (χ2n) is 4.02. The van der Waals surface area contributed by atoms with Crippen molar-refractivity contribution in [2.24, 2.45) is 0 Å². The van der Waals surface area contributed by atoms with Crippen LogP contribution in [-0.2, 0) is 0 Å². The summed E-state index contributed by atoms with van der Waals surface area (Å²) in [7, 11) is 0.